The van der Waals surface area contributed by atoms with Crippen LogP contribution < -0.4 is 10.2 Å². The molecular weight excluding hydrogens is 276 g/mol. The molecule has 0 aromatic carbocycles. The van der Waals surface area contributed by atoms with Crippen LogP contribution in [0.1, 0.15) is 24.8 Å². The van der Waals surface area contributed by atoms with Gasteiger partial charge in [0.25, 0.3) is 0 Å². The van der Waals surface area contributed by atoms with Crippen molar-refractivity contribution in [3.8, 4) is 0 Å². The van der Waals surface area contributed by atoms with Crippen LogP contribution in [0, 0.1) is 6.92 Å². The summed E-state index contributed by atoms with van der Waals surface area (Å²) in [5.74, 6) is 0.775. The molecule has 0 spiro atoms. The van der Waals surface area contributed by atoms with Crippen LogP contribution in [0.2, 0.25) is 0 Å². The molecule has 0 saturated heterocycles. The highest BCUT2D eigenvalue weighted by molar-refractivity contribution is 7.07. The molecule has 2 rings (SSSR count). The van der Waals surface area contributed by atoms with Crippen molar-refractivity contribution in [1.29, 1.82) is 0 Å². The van der Waals surface area contributed by atoms with E-state index < -0.39 is 0 Å². The van der Waals surface area contributed by atoms with E-state index in [1.54, 1.807) is 11.6 Å². The van der Waals surface area contributed by atoms with Gasteiger partial charge in [0, 0.05) is 23.5 Å². The van der Waals surface area contributed by atoms with Crippen LogP contribution >= 0.6 is 11.3 Å². The Kier molecular flexibility index (Phi) is 4.79. The highest BCUT2D eigenvalue weighted by atomic mass is 32.1. The molecule has 5 nitrogen and oxygen atoms in total. The van der Waals surface area contributed by atoms with E-state index in [2.05, 4.69) is 5.32 Å². The molecule has 20 heavy (non-hydrogen) atoms. The molecule has 2 aromatic rings. The Morgan fingerprint density at radius 3 is 2.95 bits per heavy atom. The summed E-state index contributed by atoms with van der Waals surface area (Å²) in [5, 5.41) is 4.66. The van der Waals surface area contributed by atoms with Gasteiger partial charge >= 0.3 is 4.87 Å². The van der Waals surface area contributed by atoms with Crippen molar-refractivity contribution in [2.45, 2.75) is 39.3 Å². The second-order valence-electron chi connectivity index (χ2n) is 4.82. The van der Waals surface area contributed by atoms with E-state index in [1.165, 1.54) is 4.57 Å². The summed E-state index contributed by atoms with van der Waals surface area (Å²) in [6.07, 6.45) is 3.23. The van der Waals surface area contributed by atoms with Crippen LogP contribution in [-0.4, -0.2) is 16.5 Å². The first-order valence-corrected chi connectivity index (χ1v) is 7.41. The Hall–Kier alpha value is -1.82. The maximum Gasteiger partial charge on any atom is 0.307 e. The molecule has 1 amide bonds. The molecular formula is C14H18N2O3S. The standard InChI is InChI=1S/C14H18N2O3S/c1-10(5-6-12-4-3-7-19-12)15-13(17)8-16-11(2)9-20-14(16)18/h3-4,7,9-10H,5-6,8H2,1-2H3,(H,15,17)/t10-/m1/s1. The van der Waals surface area contributed by atoms with Crippen molar-refractivity contribution < 1.29 is 9.21 Å². The molecule has 1 N–H and O–H groups in total. The monoisotopic (exact) mass is 294 g/mol. The third kappa shape index (κ3) is 3.84. The Balaban J connectivity index is 1.80. The van der Waals surface area contributed by atoms with Crippen LogP contribution in [0.3, 0.4) is 0 Å². The summed E-state index contributed by atoms with van der Waals surface area (Å²) >= 11 is 1.12. The zero-order valence-electron chi connectivity index (χ0n) is 11.6. The van der Waals surface area contributed by atoms with Gasteiger partial charge < -0.3 is 9.73 Å². The van der Waals surface area contributed by atoms with E-state index >= 15 is 0 Å². The zero-order valence-corrected chi connectivity index (χ0v) is 12.4. The number of thiazole rings is 1. The molecule has 0 aliphatic rings. The van der Waals surface area contributed by atoms with Crippen molar-refractivity contribution in [1.82, 2.24) is 9.88 Å². The zero-order chi connectivity index (χ0) is 14.5. The van der Waals surface area contributed by atoms with Crippen molar-refractivity contribution in [2.24, 2.45) is 0 Å². The number of aryl methyl sites for hydroxylation is 2. The number of furan rings is 1. The lowest BCUT2D eigenvalue weighted by molar-refractivity contribution is -0.122. The molecule has 6 heteroatoms. The minimum atomic E-state index is -0.138. The van der Waals surface area contributed by atoms with Crippen molar-refractivity contribution >= 4 is 17.2 Å². The average molecular weight is 294 g/mol. The second-order valence-corrected chi connectivity index (χ2v) is 5.64. The molecule has 0 aliphatic carbocycles. The van der Waals surface area contributed by atoms with Gasteiger partial charge in [-0.1, -0.05) is 11.3 Å². The van der Waals surface area contributed by atoms with Crippen LogP contribution in [0.5, 0.6) is 0 Å². The topological polar surface area (TPSA) is 64.2 Å². The molecule has 0 unspecified atom stereocenters. The number of rotatable bonds is 6. The fraction of sp³-hybridized carbons (Fsp3) is 0.429. The Bertz CT molecular complexity index is 613. The van der Waals surface area contributed by atoms with Crippen LogP contribution in [0.25, 0.3) is 0 Å². The number of hydrogen-bond acceptors (Lipinski definition) is 4. The number of amides is 1. The summed E-state index contributed by atoms with van der Waals surface area (Å²) in [6.45, 7) is 3.86. The first kappa shape index (κ1) is 14.6. The Morgan fingerprint density at radius 2 is 2.35 bits per heavy atom. The summed E-state index contributed by atoms with van der Waals surface area (Å²) < 4.78 is 6.73. The molecule has 0 bridgehead atoms. The first-order chi connectivity index (χ1) is 9.56. The smallest absolute Gasteiger partial charge is 0.307 e. The van der Waals surface area contributed by atoms with Crippen molar-refractivity contribution in [2.75, 3.05) is 0 Å². The molecule has 108 valence electrons. The van der Waals surface area contributed by atoms with Crippen molar-refractivity contribution in [3.63, 3.8) is 0 Å². The summed E-state index contributed by atoms with van der Waals surface area (Å²) in [6, 6.07) is 3.81. The highest BCUT2D eigenvalue weighted by Gasteiger charge is 2.11. The van der Waals surface area contributed by atoms with E-state index in [4.69, 9.17) is 4.42 Å². The average Bonchev–Trinajstić information content (AvgIpc) is 3.01. The molecule has 0 radical (unpaired) electrons. The first-order valence-electron chi connectivity index (χ1n) is 6.53. The van der Waals surface area contributed by atoms with Crippen LogP contribution in [-0.2, 0) is 17.8 Å². The third-order valence-corrected chi connectivity index (χ3v) is 3.97. The maximum absolute atomic E-state index is 11.9. The van der Waals surface area contributed by atoms with E-state index in [0.29, 0.717) is 0 Å². The number of hydrogen-bond donors (Lipinski definition) is 1. The number of nitrogens with one attached hydrogen (secondary N) is 1. The largest absolute Gasteiger partial charge is 0.469 e. The van der Waals surface area contributed by atoms with Crippen LogP contribution in [0.4, 0.5) is 0 Å². The normalized spacial score (nSPS) is 12.3. The van der Waals surface area contributed by atoms with Gasteiger partial charge in [0.1, 0.15) is 12.3 Å². The van der Waals surface area contributed by atoms with E-state index in [9.17, 15) is 9.59 Å². The van der Waals surface area contributed by atoms with Gasteiger partial charge in [-0.2, -0.15) is 0 Å². The lowest BCUT2D eigenvalue weighted by atomic mass is 10.1. The molecule has 0 aliphatic heterocycles. The summed E-state index contributed by atoms with van der Waals surface area (Å²) in [4.78, 5) is 23.3. The quantitative estimate of drug-likeness (QED) is 0.885. The van der Waals surface area contributed by atoms with Gasteiger partial charge in [0.15, 0.2) is 0 Å². The van der Waals surface area contributed by atoms with E-state index in [-0.39, 0.29) is 23.4 Å². The van der Waals surface area contributed by atoms with Gasteiger partial charge in [0.2, 0.25) is 5.91 Å². The lowest BCUT2D eigenvalue weighted by Crippen LogP contribution is -2.37. The van der Waals surface area contributed by atoms with E-state index in [0.717, 1.165) is 35.6 Å². The lowest BCUT2D eigenvalue weighted by Gasteiger charge is -2.13. The Labute approximate surface area is 121 Å². The fourth-order valence-electron chi connectivity index (χ4n) is 1.95. The molecule has 2 aromatic heterocycles. The molecule has 0 fully saturated rings. The summed E-state index contributed by atoms with van der Waals surface area (Å²) in [7, 11) is 0. The molecule has 0 saturated carbocycles. The SMILES string of the molecule is Cc1csc(=O)n1CC(=O)N[C@H](C)CCc1ccco1. The molecule has 2 heterocycles. The fourth-order valence-corrected chi connectivity index (χ4v) is 2.68. The van der Waals surface area contributed by atoms with Crippen LogP contribution in [0.15, 0.2) is 33.0 Å². The number of carbonyl (C=O) groups excluding carboxylic acids is 1. The van der Waals surface area contributed by atoms with Gasteiger partial charge in [-0.3, -0.25) is 14.2 Å². The third-order valence-electron chi connectivity index (χ3n) is 3.09. The summed E-state index contributed by atoms with van der Waals surface area (Å²) in [5.41, 5.74) is 0.818. The van der Waals surface area contributed by atoms with Crippen molar-refractivity contribution in [3.05, 3.63) is 44.9 Å². The predicted molar refractivity (Wildman–Crippen MR) is 77.9 cm³/mol. The maximum atomic E-state index is 11.9. The number of nitrogens with zero attached hydrogens (tertiary/aromatic N) is 1. The van der Waals surface area contributed by atoms with Gasteiger partial charge in [0.05, 0.1) is 6.26 Å². The number of carbonyl (C=O) groups is 1. The minimum Gasteiger partial charge on any atom is -0.469 e. The molecule has 1 atom stereocenters. The van der Waals surface area contributed by atoms with Gasteiger partial charge in [-0.05, 0) is 32.4 Å². The van der Waals surface area contributed by atoms with Gasteiger partial charge in [-0.15, -0.1) is 0 Å². The van der Waals surface area contributed by atoms with E-state index in [1.807, 2.05) is 26.0 Å². The highest BCUT2D eigenvalue weighted by Crippen LogP contribution is 2.06. The Morgan fingerprint density at radius 1 is 1.55 bits per heavy atom. The predicted octanol–water partition coefficient (Wildman–Crippen LogP) is 1.95. The van der Waals surface area contributed by atoms with Gasteiger partial charge in [-0.25, -0.2) is 0 Å². The minimum absolute atomic E-state index is 0.0437. The number of aromatic nitrogens is 1. The second kappa shape index (κ2) is 6.56.